The summed E-state index contributed by atoms with van der Waals surface area (Å²) in [6, 6.07) is 14.4. The molecule has 0 fully saturated rings. The Morgan fingerprint density at radius 1 is 0.964 bits per heavy atom. The van der Waals surface area contributed by atoms with Crippen LogP contribution in [0.4, 0.5) is 11.4 Å². The predicted molar refractivity (Wildman–Crippen MR) is 99.0 cm³/mol. The highest BCUT2D eigenvalue weighted by atomic mass is 16.6. The Hall–Kier alpha value is -4.34. The average molecular weight is 380 g/mol. The average Bonchev–Trinajstić information content (AvgIpc) is 3.17. The molecule has 2 aromatic carbocycles. The lowest BCUT2D eigenvalue weighted by molar-refractivity contribution is -0.385. The van der Waals surface area contributed by atoms with E-state index in [1.165, 1.54) is 36.5 Å². The van der Waals surface area contributed by atoms with E-state index in [0.717, 1.165) is 6.07 Å². The Bertz CT molecular complexity index is 1070. The topological polar surface area (TPSA) is 141 Å². The molecule has 28 heavy (non-hydrogen) atoms. The van der Waals surface area contributed by atoms with E-state index in [9.17, 15) is 25.0 Å². The second-order valence-corrected chi connectivity index (χ2v) is 5.51. The van der Waals surface area contributed by atoms with Gasteiger partial charge < -0.3 is 4.42 Å². The molecule has 0 saturated carbocycles. The van der Waals surface area contributed by atoms with Crippen molar-refractivity contribution in [3.8, 4) is 11.3 Å². The molecule has 0 aliphatic rings. The largest absolute Gasteiger partial charge is 0.455 e. The van der Waals surface area contributed by atoms with Gasteiger partial charge in [0.2, 0.25) is 0 Å². The van der Waals surface area contributed by atoms with E-state index in [2.05, 4.69) is 10.5 Å². The third-order valence-corrected chi connectivity index (χ3v) is 3.67. The summed E-state index contributed by atoms with van der Waals surface area (Å²) in [6.45, 7) is 0. The first kappa shape index (κ1) is 18.5. The smallest absolute Gasteiger partial charge is 0.271 e. The lowest BCUT2D eigenvalue weighted by Gasteiger charge is -1.99. The lowest BCUT2D eigenvalue weighted by atomic mass is 10.1. The van der Waals surface area contributed by atoms with Gasteiger partial charge in [0.05, 0.1) is 16.1 Å². The van der Waals surface area contributed by atoms with E-state index < -0.39 is 15.8 Å². The summed E-state index contributed by atoms with van der Waals surface area (Å²) in [5, 5.41) is 25.2. The maximum Gasteiger partial charge on any atom is 0.271 e. The molecule has 0 saturated heterocycles. The molecule has 1 aromatic heterocycles. The molecule has 0 aliphatic heterocycles. The van der Waals surface area contributed by atoms with Crippen molar-refractivity contribution in [3.63, 3.8) is 0 Å². The molecule has 1 amide bonds. The van der Waals surface area contributed by atoms with Crippen molar-refractivity contribution in [2.75, 3.05) is 0 Å². The van der Waals surface area contributed by atoms with E-state index in [-0.39, 0.29) is 16.9 Å². The molecule has 3 aromatic rings. The molecule has 140 valence electrons. The highest BCUT2D eigenvalue weighted by molar-refractivity contribution is 5.95. The van der Waals surface area contributed by atoms with Gasteiger partial charge in [0.25, 0.3) is 17.3 Å². The van der Waals surface area contributed by atoms with Crippen LogP contribution in [0.2, 0.25) is 0 Å². The number of hydrogen-bond acceptors (Lipinski definition) is 7. The van der Waals surface area contributed by atoms with Crippen LogP contribution in [0.5, 0.6) is 0 Å². The number of nitrogens with one attached hydrogen (secondary N) is 1. The number of benzene rings is 2. The first-order valence-electron chi connectivity index (χ1n) is 7.86. The summed E-state index contributed by atoms with van der Waals surface area (Å²) in [6.07, 6.45) is 1.27. The van der Waals surface area contributed by atoms with Crippen molar-refractivity contribution >= 4 is 23.5 Å². The van der Waals surface area contributed by atoms with Crippen molar-refractivity contribution in [1.29, 1.82) is 0 Å². The van der Waals surface area contributed by atoms with Gasteiger partial charge in [0.1, 0.15) is 11.5 Å². The minimum absolute atomic E-state index is 0.0269. The van der Waals surface area contributed by atoms with Crippen molar-refractivity contribution in [2.24, 2.45) is 5.10 Å². The quantitative estimate of drug-likeness (QED) is 0.394. The molecule has 1 heterocycles. The fourth-order valence-electron chi connectivity index (χ4n) is 2.30. The Morgan fingerprint density at radius 2 is 1.68 bits per heavy atom. The minimum Gasteiger partial charge on any atom is -0.455 e. The number of hydrogen-bond donors (Lipinski definition) is 1. The zero-order chi connectivity index (χ0) is 20.1. The van der Waals surface area contributed by atoms with Crippen LogP contribution < -0.4 is 5.43 Å². The number of carbonyl (C=O) groups is 1. The van der Waals surface area contributed by atoms with Gasteiger partial charge in [-0.3, -0.25) is 25.0 Å². The molecule has 0 atom stereocenters. The van der Waals surface area contributed by atoms with Crippen LogP contribution in [0.1, 0.15) is 16.1 Å². The number of furan rings is 1. The molecule has 3 rings (SSSR count). The SMILES string of the molecule is O=C(NN=Cc1ccc(-c2ccc([N+](=O)[O-])cc2)o1)c1cccc([N+](=O)[O-])c1. The van der Waals surface area contributed by atoms with E-state index in [4.69, 9.17) is 4.42 Å². The molecule has 0 bridgehead atoms. The maximum atomic E-state index is 12.0. The number of amides is 1. The third-order valence-electron chi connectivity index (χ3n) is 3.67. The van der Waals surface area contributed by atoms with Crippen LogP contribution in [0.3, 0.4) is 0 Å². The van der Waals surface area contributed by atoms with Gasteiger partial charge in [-0.1, -0.05) is 6.07 Å². The fraction of sp³-hybridized carbons (Fsp3) is 0. The zero-order valence-electron chi connectivity index (χ0n) is 14.1. The summed E-state index contributed by atoms with van der Waals surface area (Å²) >= 11 is 0. The predicted octanol–water partition coefficient (Wildman–Crippen LogP) is 3.53. The summed E-state index contributed by atoms with van der Waals surface area (Å²) in [5.74, 6) is 0.205. The van der Waals surface area contributed by atoms with E-state index in [0.29, 0.717) is 17.1 Å². The zero-order valence-corrected chi connectivity index (χ0v) is 14.1. The van der Waals surface area contributed by atoms with Gasteiger partial charge in [0.15, 0.2) is 0 Å². The summed E-state index contributed by atoms with van der Waals surface area (Å²) in [5.41, 5.74) is 2.77. The summed E-state index contributed by atoms with van der Waals surface area (Å²) in [7, 11) is 0. The van der Waals surface area contributed by atoms with Gasteiger partial charge in [0, 0.05) is 35.4 Å². The van der Waals surface area contributed by atoms with E-state index >= 15 is 0 Å². The van der Waals surface area contributed by atoms with Crippen LogP contribution in [0.25, 0.3) is 11.3 Å². The van der Waals surface area contributed by atoms with Gasteiger partial charge in [-0.25, -0.2) is 5.43 Å². The Labute approximate surface area is 157 Å². The van der Waals surface area contributed by atoms with Crippen LogP contribution in [0, 0.1) is 20.2 Å². The molecule has 10 nitrogen and oxygen atoms in total. The Balaban J connectivity index is 1.65. The van der Waals surface area contributed by atoms with Crippen LogP contribution >= 0.6 is 0 Å². The van der Waals surface area contributed by atoms with E-state index in [1.807, 2.05) is 0 Å². The van der Waals surface area contributed by atoms with Crippen LogP contribution in [-0.2, 0) is 0 Å². The van der Waals surface area contributed by atoms with Gasteiger partial charge >= 0.3 is 0 Å². The molecule has 10 heteroatoms. The number of nitrogens with zero attached hydrogens (tertiary/aromatic N) is 3. The molecule has 0 spiro atoms. The van der Waals surface area contributed by atoms with E-state index in [1.54, 1.807) is 24.3 Å². The van der Waals surface area contributed by atoms with Crippen LogP contribution in [-0.4, -0.2) is 22.0 Å². The number of hydrazone groups is 1. The van der Waals surface area contributed by atoms with Gasteiger partial charge in [-0.2, -0.15) is 5.10 Å². The maximum absolute atomic E-state index is 12.0. The van der Waals surface area contributed by atoms with Crippen molar-refractivity contribution in [3.05, 3.63) is 92.2 Å². The first-order valence-corrected chi connectivity index (χ1v) is 7.86. The molecular formula is C18H12N4O6. The molecule has 0 aliphatic carbocycles. The highest BCUT2D eigenvalue weighted by Gasteiger charge is 2.11. The minimum atomic E-state index is -0.609. The first-order chi connectivity index (χ1) is 13.4. The van der Waals surface area contributed by atoms with Gasteiger partial charge in [-0.05, 0) is 30.3 Å². The molecule has 0 radical (unpaired) electrons. The third kappa shape index (κ3) is 4.25. The second kappa shape index (κ2) is 7.91. The molecule has 1 N–H and O–H groups in total. The standard InChI is InChI=1S/C18H12N4O6/c23-18(13-2-1-3-15(10-13)22(26)27)20-19-11-16-8-9-17(28-16)12-4-6-14(7-5-12)21(24)25/h1-11H,(H,20,23). The van der Waals surface area contributed by atoms with Gasteiger partial charge in [-0.15, -0.1) is 0 Å². The Morgan fingerprint density at radius 3 is 2.36 bits per heavy atom. The number of nitro groups is 2. The highest BCUT2D eigenvalue weighted by Crippen LogP contribution is 2.24. The summed E-state index contributed by atoms with van der Waals surface area (Å²) < 4.78 is 5.55. The van der Waals surface area contributed by atoms with Crippen molar-refractivity contribution in [2.45, 2.75) is 0 Å². The summed E-state index contributed by atoms with van der Waals surface area (Å²) in [4.78, 5) is 32.3. The lowest BCUT2D eigenvalue weighted by Crippen LogP contribution is -2.17. The number of non-ortho nitro benzene ring substituents is 2. The number of nitro benzene ring substituents is 2. The normalized spacial score (nSPS) is 10.7. The van der Waals surface area contributed by atoms with Crippen molar-refractivity contribution in [1.82, 2.24) is 5.43 Å². The van der Waals surface area contributed by atoms with Crippen molar-refractivity contribution < 1.29 is 19.1 Å². The van der Waals surface area contributed by atoms with Crippen LogP contribution in [0.15, 0.2) is 70.2 Å². The number of carbonyl (C=O) groups excluding carboxylic acids is 1. The molecule has 0 unspecified atom stereocenters. The molecular weight excluding hydrogens is 368 g/mol. The second-order valence-electron chi connectivity index (χ2n) is 5.51. The Kier molecular flexibility index (Phi) is 5.21. The number of rotatable bonds is 6. The fourth-order valence-corrected chi connectivity index (χ4v) is 2.30. The monoisotopic (exact) mass is 380 g/mol.